The number of halogens is 1. The van der Waals surface area contributed by atoms with Gasteiger partial charge in [0.05, 0.1) is 18.7 Å². The Hall–Kier alpha value is -2.20. The van der Waals surface area contributed by atoms with Gasteiger partial charge in [-0.05, 0) is 18.2 Å². The number of cyclic esters (lactones) is 1. The summed E-state index contributed by atoms with van der Waals surface area (Å²) in [5, 5.41) is 2.69. The summed E-state index contributed by atoms with van der Waals surface area (Å²) in [5.41, 5.74) is 1.26. The Kier molecular flexibility index (Phi) is 3.47. The third-order valence-corrected chi connectivity index (χ3v) is 3.97. The first kappa shape index (κ1) is 13.8. The van der Waals surface area contributed by atoms with Crippen LogP contribution in [0.15, 0.2) is 48.5 Å². The average molecular weight is 304 g/mol. The molecule has 1 N–H and O–H groups in total. The van der Waals surface area contributed by atoms with Crippen molar-refractivity contribution in [2.45, 2.75) is 5.60 Å². The van der Waals surface area contributed by atoms with Crippen molar-refractivity contribution in [2.24, 2.45) is 0 Å². The lowest BCUT2D eigenvalue weighted by Crippen LogP contribution is -2.42. The highest BCUT2D eigenvalue weighted by Gasteiger charge is 2.43. The van der Waals surface area contributed by atoms with Crippen LogP contribution in [0, 0.1) is 0 Å². The lowest BCUT2D eigenvalue weighted by Gasteiger charge is -2.37. The van der Waals surface area contributed by atoms with E-state index in [1.807, 2.05) is 36.4 Å². The number of anilines is 1. The van der Waals surface area contributed by atoms with E-state index < -0.39 is 11.7 Å². The minimum Gasteiger partial charge on any atom is -0.497 e. The van der Waals surface area contributed by atoms with Crippen molar-refractivity contribution in [3.8, 4) is 5.75 Å². The molecule has 0 bridgehead atoms. The number of ether oxygens (including phenoxy) is 2. The van der Waals surface area contributed by atoms with E-state index in [0.717, 1.165) is 11.1 Å². The average Bonchev–Trinajstić information content (AvgIpc) is 2.54. The molecule has 1 atom stereocenters. The first-order chi connectivity index (χ1) is 10.2. The smallest absolute Gasteiger partial charge is 0.412 e. The largest absolute Gasteiger partial charge is 0.497 e. The molecule has 0 unspecified atom stereocenters. The quantitative estimate of drug-likeness (QED) is 0.879. The van der Waals surface area contributed by atoms with Gasteiger partial charge in [-0.2, -0.15) is 0 Å². The Morgan fingerprint density at radius 3 is 2.67 bits per heavy atom. The van der Waals surface area contributed by atoms with Crippen molar-refractivity contribution in [1.29, 1.82) is 0 Å². The highest BCUT2D eigenvalue weighted by molar-refractivity contribution is 6.19. The van der Waals surface area contributed by atoms with Gasteiger partial charge in [0.25, 0.3) is 0 Å². The minimum atomic E-state index is -1.02. The highest BCUT2D eigenvalue weighted by Crippen LogP contribution is 2.43. The normalized spacial score (nSPS) is 20.2. The van der Waals surface area contributed by atoms with E-state index in [9.17, 15) is 4.79 Å². The zero-order valence-corrected chi connectivity index (χ0v) is 12.2. The van der Waals surface area contributed by atoms with E-state index in [1.165, 1.54) is 0 Å². The van der Waals surface area contributed by atoms with Gasteiger partial charge in [0.15, 0.2) is 5.60 Å². The second-order valence-corrected chi connectivity index (χ2v) is 5.02. The lowest BCUT2D eigenvalue weighted by molar-refractivity contribution is 0.0609. The molecule has 0 aromatic heterocycles. The van der Waals surface area contributed by atoms with Crippen LogP contribution in [0.5, 0.6) is 5.75 Å². The zero-order chi connectivity index (χ0) is 14.9. The summed E-state index contributed by atoms with van der Waals surface area (Å²) < 4.78 is 10.9. The number of carbonyl (C=O) groups is 1. The second kappa shape index (κ2) is 5.30. The first-order valence-electron chi connectivity index (χ1n) is 6.49. The third-order valence-electron chi connectivity index (χ3n) is 3.59. The van der Waals surface area contributed by atoms with Crippen molar-refractivity contribution in [3.05, 3.63) is 59.7 Å². The Balaban J connectivity index is 2.24. The summed E-state index contributed by atoms with van der Waals surface area (Å²) in [4.78, 5) is 11.9. The van der Waals surface area contributed by atoms with Gasteiger partial charge in [-0.3, -0.25) is 5.32 Å². The fourth-order valence-corrected chi connectivity index (χ4v) is 2.89. The van der Waals surface area contributed by atoms with Gasteiger partial charge in [0.2, 0.25) is 0 Å². The number of carbonyl (C=O) groups excluding carboxylic acids is 1. The number of hydrogen-bond acceptors (Lipinski definition) is 3. The van der Waals surface area contributed by atoms with Crippen LogP contribution in [-0.2, 0) is 10.3 Å². The molecular weight excluding hydrogens is 290 g/mol. The molecule has 0 fully saturated rings. The number of benzene rings is 2. The highest BCUT2D eigenvalue weighted by atomic mass is 35.5. The van der Waals surface area contributed by atoms with Gasteiger partial charge in [-0.25, -0.2) is 4.79 Å². The van der Waals surface area contributed by atoms with E-state index in [-0.39, 0.29) is 5.88 Å². The molecule has 0 radical (unpaired) electrons. The standard InChI is InChI=1S/C16H14ClNO3/c1-20-12-7-8-14-13(9-12)16(10-17,21-15(19)18-14)11-5-3-2-4-6-11/h2-9H,10H2,1H3,(H,18,19)/t16-/m0/s1. The van der Waals surface area contributed by atoms with Gasteiger partial charge >= 0.3 is 6.09 Å². The van der Waals surface area contributed by atoms with E-state index in [0.29, 0.717) is 11.4 Å². The van der Waals surface area contributed by atoms with Gasteiger partial charge in [-0.15, -0.1) is 11.6 Å². The first-order valence-corrected chi connectivity index (χ1v) is 7.03. The predicted molar refractivity (Wildman–Crippen MR) is 81.0 cm³/mol. The molecule has 5 heteroatoms. The Morgan fingerprint density at radius 1 is 1.24 bits per heavy atom. The number of rotatable bonds is 3. The molecule has 21 heavy (non-hydrogen) atoms. The number of alkyl halides is 1. The molecular formula is C16H14ClNO3. The summed E-state index contributed by atoms with van der Waals surface area (Å²) in [5.74, 6) is 0.795. The van der Waals surface area contributed by atoms with Gasteiger partial charge in [-0.1, -0.05) is 30.3 Å². The molecule has 3 rings (SSSR count). The third kappa shape index (κ3) is 2.21. The topological polar surface area (TPSA) is 47.6 Å². The minimum absolute atomic E-state index is 0.116. The predicted octanol–water partition coefficient (Wildman–Crippen LogP) is 3.74. The SMILES string of the molecule is COc1ccc2c(c1)[C@](CCl)(c1ccccc1)OC(=O)N2. The maximum atomic E-state index is 11.9. The van der Waals surface area contributed by atoms with Crippen molar-refractivity contribution in [1.82, 2.24) is 0 Å². The Morgan fingerprint density at radius 2 is 2.00 bits per heavy atom. The molecule has 2 aromatic carbocycles. The monoisotopic (exact) mass is 303 g/mol. The van der Waals surface area contributed by atoms with Crippen molar-refractivity contribution in [3.63, 3.8) is 0 Å². The second-order valence-electron chi connectivity index (χ2n) is 4.75. The van der Waals surface area contributed by atoms with E-state index in [1.54, 1.807) is 19.2 Å². The maximum absolute atomic E-state index is 11.9. The molecule has 0 saturated carbocycles. The number of methoxy groups -OCH3 is 1. The van der Waals surface area contributed by atoms with Crippen molar-refractivity contribution in [2.75, 3.05) is 18.3 Å². The Labute approximate surface area is 127 Å². The van der Waals surface area contributed by atoms with E-state index >= 15 is 0 Å². The lowest BCUT2D eigenvalue weighted by atomic mass is 9.85. The number of nitrogens with one attached hydrogen (secondary N) is 1. The van der Waals surface area contributed by atoms with Crippen molar-refractivity contribution >= 4 is 23.4 Å². The van der Waals surface area contributed by atoms with Crippen LogP contribution in [0.1, 0.15) is 11.1 Å². The van der Waals surface area contributed by atoms with E-state index in [4.69, 9.17) is 21.1 Å². The molecule has 1 aliphatic heterocycles. The summed E-state index contributed by atoms with van der Waals surface area (Å²) in [6.45, 7) is 0. The molecule has 0 saturated heterocycles. The number of fused-ring (bicyclic) bond motifs is 1. The van der Waals surface area contributed by atoms with Crippen LogP contribution in [0.4, 0.5) is 10.5 Å². The summed E-state index contributed by atoms with van der Waals surface area (Å²) >= 11 is 6.21. The van der Waals surface area contributed by atoms with Crippen LogP contribution in [-0.4, -0.2) is 19.1 Å². The van der Waals surface area contributed by atoms with Crippen molar-refractivity contribution < 1.29 is 14.3 Å². The summed E-state index contributed by atoms with van der Waals surface area (Å²) in [6.07, 6.45) is -0.517. The zero-order valence-electron chi connectivity index (χ0n) is 11.4. The number of amides is 1. The summed E-state index contributed by atoms with van der Waals surface area (Å²) in [6, 6.07) is 14.9. The molecule has 108 valence electrons. The molecule has 1 heterocycles. The van der Waals surface area contributed by atoms with Gasteiger partial charge in [0, 0.05) is 11.1 Å². The van der Waals surface area contributed by atoms with Crippen LogP contribution in [0.2, 0.25) is 0 Å². The molecule has 1 amide bonds. The molecule has 0 spiro atoms. The molecule has 0 aliphatic carbocycles. The fourth-order valence-electron chi connectivity index (χ4n) is 2.54. The van der Waals surface area contributed by atoms with Crippen LogP contribution in [0.3, 0.4) is 0 Å². The van der Waals surface area contributed by atoms with Gasteiger partial charge < -0.3 is 9.47 Å². The molecule has 1 aliphatic rings. The molecule has 4 nitrogen and oxygen atoms in total. The van der Waals surface area contributed by atoms with Crippen LogP contribution < -0.4 is 10.1 Å². The Bertz CT molecular complexity index is 674. The fraction of sp³-hybridized carbons (Fsp3) is 0.188. The molecule has 2 aromatic rings. The van der Waals surface area contributed by atoms with E-state index in [2.05, 4.69) is 5.32 Å². The van der Waals surface area contributed by atoms with Gasteiger partial charge in [0.1, 0.15) is 5.75 Å². The summed E-state index contributed by atoms with van der Waals surface area (Å²) in [7, 11) is 1.59. The maximum Gasteiger partial charge on any atom is 0.412 e. The van der Waals surface area contributed by atoms with Crippen LogP contribution >= 0.6 is 11.6 Å². The number of hydrogen-bond donors (Lipinski definition) is 1. The van der Waals surface area contributed by atoms with Crippen LogP contribution in [0.25, 0.3) is 0 Å².